The Hall–Kier alpha value is -1.92. The van der Waals surface area contributed by atoms with Gasteiger partial charge in [0.15, 0.2) is 0 Å². The number of carbonyl (C=O) groups is 2. The number of likely N-dealkylation sites (N-methyl/N-ethyl adjacent to an activating group) is 1. The van der Waals surface area contributed by atoms with Gasteiger partial charge in [-0.3, -0.25) is 14.5 Å². The standard InChI is InChI=1S/C18H25N3O3/c1-3-19-8-10-20(11-9-19)16-13-17(22)21(18(16)23)14-6-5-7-15(12-14)24-4-2/h5-7,12,16H,3-4,8-11,13H2,1-2H3/t16-/m0/s1. The second-order valence-corrected chi connectivity index (χ2v) is 6.19. The molecule has 2 heterocycles. The fourth-order valence-electron chi connectivity index (χ4n) is 3.44. The molecule has 1 aromatic carbocycles. The van der Waals surface area contributed by atoms with Crippen molar-refractivity contribution in [2.75, 3.05) is 44.2 Å². The number of rotatable bonds is 5. The zero-order valence-electron chi connectivity index (χ0n) is 14.4. The number of ether oxygens (including phenoxy) is 1. The lowest BCUT2D eigenvalue weighted by molar-refractivity contribution is -0.123. The summed E-state index contributed by atoms with van der Waals surface area (Å²) >= 11 is 0. The van der Waals surface area contributed by atoms with Crippen LogP contribution in [0.25, 0.3) is 0 Å². The summed E-state index contributed by atoms with van der Waals surface area (Å²) in [5.41, 5.74) is 0.602. The van der Waals surface area contributed by atoms with E-state index in [1.807, 2.05) is 19.1 Å². The molecule has 2 aliphatic rings. The number of amides is 2. The van der Waals surface area contributed by atoms with Gasteiger partial charge in [0.25, 0.3) is 5.91 Å². The van der Waals surface area contributed by atoms with Gasteiger partial charge in [0.05, 0.1) is 24.8 Å². The topological polar surface area (TPSA) is 53.1 Å². The fourth-order valence-corrected chi connectivity index (χ4v) is 3.44. The van der Waals surface area contributed by atoms with Gasteiger partial charge in [0, 0.05) is 32.2 Å². The quantitative estimate of drug-likeness (QED) is 0.763. The molecule has 1 aromatic rings. The fraction of sp³-hybridized carbons (Fsp3) is 0.556. The van der Waals surface area contributed by atoms with E-state index in [1.165, 1.54) is 4.90 Å². The van der Waals surface area contributed by atoms with Crippen molar-refractivity contribution in [3.05, 3.63) is 24.3 Å². The third-order valence-electron chi connectivity index (χ3n) is 4.80. The summed E-state index contributed by atoms with van der Waals surface area (Å²) in [5, 5.41) is 0. The lowest BCUT2D eigenvalue weighted by Crippen LogP contribution is -2.52. The van der Waals surface area contributed by atoms with Crippen LogP contribution in [-0.4, -0.2) is 67.0 Å². The molecule has 0 radical (unpaired) electrons. The van der Waals surface area contributed by atoms with Gasteiger partial charge in [-0.1, -0.05) is 13.0 Å². The highest BCUT2D eigenvalue weighted by Crippen LogP contribution is 2.28. The van der Waals surface area contributed by atoms with Gasteiger partial charge in [-0.05, 0) is 25.6 Å². The molecule has 0 aliphatic carbocycles. The molecule has 2 fully saturated rings. The number of anilines is 1. The average Bonchev–Trinajstić information content (AvgIpc) is 2.90. The van der Waals surface area contributed by atoms with Crippen LogP contribution in [-0.2, 0) is 9.59 Å². The first-order valence-corrected chi connectivity index (χ1v) is 8.70. The molecule has 0 saturated carbocycles. The highest BCUT2D eigenvalue weighted by molar-refractivity contribution is 6.22. The minimum atomic E-state index is -0.327. The summed E-state index contributed by atoms with van der Waals surface area (Å²) in [5.74, 6) is 0.436. The Morgan fingerprint density at radius 3 is 2.54 bits per heavy atom. The smallest absolute Gasteiger partial charge is 0.251 e. The second kappa shape index (κ2) is 7.32. The Morgan fingerprint density at radius 1 is 1.12 bits per heavy atom. The Labute approximate surface area is 143 Å². The van der Waals surface area contributed by atoms with Crippen molar-refractivity contribution in [2.45, 2.75) is 26.3 Å². The van der Waals surface area contributed by atoms with E-state index in [0.29, 0.717) is 18.0 Å². The average molecular weight is 331 g/mol. The molecule has 0 unspecified atom stereocenters. The zero-order valence-corrected chi connectivity index (χ0v) is 14.4. The zero-order chi connectivity index (χ0) is 17.1. The van der Waals surface area contributed by atoms with Crippen molar-refractivity contribution in [3.63, 3.8) is 0 Å². The van der Waals surface area contributed by atoms with E-state index in [-0.39, 0.29) is 24.3 Å². The summed E-state index contributed by atoms with van der Waals surface area (Å²) in [7, 11) is 0. The lowest BCUT2D eigenvalue weighted by atomic mass is 10.1. The van der Waals surface area contributed by atoms with Gasteiger partial charge in [0.2, 0.25) is 5.91 Å². The van der Waals surface area contributed by atoms with Crippen molar-refractivity contribution >= 4 is 17.5 Å². The molecule has 6 heteroatoms. The highest BCUT2D eigenvalue weighted by atomic mass is 16.5. The van der Waals surface area contributed by atoms with Crippen LogP contribution in [0.3, 0.4) is 0 Å². The molecule has 2 aliphatic heterocycles. The van der Waals surface area contributed by atoms with Crippen molar-refractivity contribution in [1.29, 1.82) is 0 Å². The van der Waals surface area contributed by atoms with Crippen LogP contribution >= 0.6 is 0 Å². The van der Waals surface area contributed by atoms with E-state index in [2.05, 4.69) is 16.7 Å². The molecule has 24 heavy (non-hydrogen) atoms. The minimum Gasteiger partial charge on any atom is -0.494 e. The molecule has 6 nitrogen and oxygen atoms in total. The minimum absolute atomic E-state index is 0.112. The van der Waals surface area contributed by atoms with E-state index >= 15 is 0 Å². The van der Waals surface area contributed by atoms with Crippen LogP contribution in [0.1, 0.15) is 20.3 Å². The van der Waals surface area contributed by atoms with Gasteiger partial charge in [-0.25, -0.2) is 4.90 Å². The van der Waals surface area contributed by atoms with Gasteiger partial charge in [0.1, 0.15) is 5.75 Å². The molecule has 2 saturated heterocycles. The Balaban J connectivity index is 1.73. The summed E-state index contributed by atoms with van der Waals surface area (Å²) in [6.45, 7) is 9.21. The lowest BCUT2D eigenvalue weighted by Gasteiger charge is -2.36. The van der Waals surface area contributed by atoms with Crippen LogP contribution in [0, 0.1) is 0 Å². The summed E-state index contributed by atoms with van der Waals surface area (Å²) < 4.78 is 5.48. The van der Waals surface area contributed by atoms with Gasteiger partial charge < -0.3 is 9.64 Å². The molecular weight excluding hydrogens is 306 g/mol. The van der Waals surface area contributed by atoms with Crippen LogP contribution in [0.15, 0.2) is 24.3 Å². The second-order valence-electron chi connectivity index (χ2n) is 6.19. The van der Waals surface area contributed by atoms with E-state index < -0.39 is 0 Å². The monoisotopic (exact) mass is 331 g/mol. The van der Waals surface area contributed by atoms with Crippen molar-refractivity contribution in [2.24, 2.45) is 0 Å². The van der Waals surface area contributed by atoms with Crippen LogP contribution in [0.5, 0.6) is 5.75 Å². The Bertz CT molecular complexity index is 611. The van der Waals surface area contributed by atoms with Gasteiger partial charge >= 0.3 is 0 Å². The summed E-state index contributed by atoms with van der Waals surface area (Å²) in [4.78, 5) is 31.1. The van der Waals surface area contributed by atoms with E-state index in [0.717, 1.165) is 32.7 Å². The molecule has 3 rings (SSSR count). The number of imide groups is 1. The number of benzene rings is 1. The largest absolute Gasteiger partial charge is 0.494 e. The Morgan fingerprint density at radius 2 is 1.88 bits per heavy atom. The predicted molar refractivity (Wildman–Crippen MR) is 92.2 cm³/mol. The van der Waals surface area contributed by atoms with E-state index in [9.17, 15) is 9.59 Å². The third kappa shape index (κ3) is 3.30. The maximum atomic E-state index is 12.8. The molecule has 130 valence electrons. The predicted octanol–water partition coefficient (Wildman–Crippen LogP) is 1.35. The number of piperazine rings is 1. The van der Waals surface area contributed by atoms with E-state index in [1.54, 1.807) is 12.1 Å². The normalized spacial score (nSPS) is 23.1. The number of nitrogens with zero attached hydrogens (tertiary/aromatic N) is 3. The van der Waals surface area contributed by atoms with E-state index in [4.69, 9.17) is 4.74 Å². The van der Waals surface area contributed by atoms with Gasteiger partial charge in [-0.15, -0.1) is 0 Å². The SMILES string of the molecule is CCOc1cccc(N2C(=O)C[C@H](N3CCN(CC)CC3)C2=O)c1. The van der Waals surface area contributed by atoms with Crippen LogP contribution in [0.2, 0.25) is 0 Å². The molecule has 1 atom stereocenters. The van der Waals surface area contributed by atoms with Crippen LogP contribution < -0.4 is 9.64 Å². The maximum Gasteiger partial charge on any atom is 0.251 e. The molecule has 2 amide bonds. The Kier molecular flexibility index (Phi) is 5.16. The number of hydrogen-bond acceptors (Lipinski definition) is 5. The highest BCUT2D eigenvalue weighted by Gasteiger charge is 2.43. The maximum absolute atomic E-state index is 12.8. The first kappa shape index (κ1) is 16.9. The first-order chi connectivity index (χ1) is 11.6. The van der Waals surface area contributed by atoms with Crippen molar-refractivity contribution < 1.29 is 14.3 Å². The molecule has 0 N–H and O–H groups in total. The molecule has 0 bridgehead atoms. The molecule has 0 spiro atoms. The van der Waals surface area contributed by atoms with Crippen molar-refractivity contribution in [3.8, 4) is 5.75 Å². The molecular formula is C18H25N3O3. The summed E-state index contributed by atoms with van der Waals surface area (Å²) in [6.07, 6.45) is 0.268. The first-order valence-electron chi connectivity index (χ1n) is 8.70. The van der Waals surface area contributed by atoms with Gasteiger partial charge in [-0.2, -0.15) is 0 Å². The molecule has 0 aromatic heterocycles. The summed E-state index contributed by atoms with van der Waals surface area (Å²) in [6, 6.07) is 6.87. The van der Waals surface area contributed by atoms with Crippen LogP contribution in [0.4, 0.5) is 5.69 Å². The van der Waals surface area contributed by atoms with Crippen molar-refractivity contribution in [1.82, 2.24) is 9.80 Å². The number of carbonyl (C=O) groups excluding carboxylic acids is 2. The third-order valence-corrected chi connectivity index (χ3v) is 4.80. The number of hydrogen-bond donors (Lipinski definition) is 0.